The van der Waals surface area contributed by atoms with E-state index in [1.807, 2.05) is 58.0 Å². The molecule has 0 aliphatic heterocycles. The lowest BCUT2D eigenvalue weighted by Gasteiger charge is -2.29. The number of benzene rings is 1. The molecule has 1 unspecified atom stereocenters. The number of rotatable bonds is 12. The van der Waals surface area contributed by atoms with Crippen LogP contribution in [0.2, 0.25) is 0 Å². The average molecular weight is 505 g/mol. The minimum atomic E-state index is -0.966. The van der Waals surface area contributed by atoms with Gasteiger partial charge in [0.2, 0.25) is 17.7 Å². The second-order valence-corrected chi connectivity index (χ2v) is 10.6. The molecule has 0 bridgehead atoms. The number of hydrogen-bond donors (Lipinski definition) is 4. The second-order valence-electron chi connectivity index (χ2n) is 10.6. The molecule has 202 valence electrons. The number of carbonyl (C=O) groups excluding carboxylic acids is 4. The van der Waals surface area contributed by atoms with Crippen LogP contribution in [0.4, 0.5) is 4.79 Å². The van der Waals surface area contributed by atoms with E-state index >= 15 is 0 Å². The van der Waals surface area contributed by atoms with Gasteiger partial charge in [0, 0.05) is 13.5 Å². The van der Waals surface area contributed by atoms with Crippen molar-refractivity contribution in [2.24, 2.45) is 11.8 Å². The van der Waals surface area contributed by atoms with Crippen LogP contribution >= 0.6 is 0 Å². The maximum atomic E-state index is 13.4. The van der Waals surface area contributed by atoms with E-state index in [0.717, 1.165) is 5.56 Å². The van der Waals surface area contributed by atoms with Crippen molar-refractivity contribution < 1.29 is 23.9 Å². The minimum Gasteiger partial charge on any atom is -0.444 e. The maximum absolute atomic E-state index is 13.4. The monoisotopic (exact) mass is 504 g/mol. The molecule has 0 aliphatic carbocycles. The van der Waals surface area contributed by atoms with Crippen LogP contribution in [0, 0.1) is 11.8 Å². The first-order valence-corrected chi connectivity index (χ1v) is 12.6. The van der Waals surface area contributed by atoms with Gasteiger partial charge in [0.1, 0.15) is 23.7 Å². The Labute approximate surface area is 215 Å². The number of hydrogen-bond acceptors (Lipinski definition) is 5. The van der Waals surface area contributed by atoms with E-state index in [4.69, 9.17) is 4.74 Å². The number of nitrogens with one attached hydrogen (secondary N) is 4. The van der Waals surface area contributed by atoms with Gasteiger partial charge >= 0.3 is 6.09 Å². The summed E-state index contributed by atoms with van der Waals surface area (Å²) in [7, 11) is 1.52. The molecular formula is C27H44N4O5. The van der Waals surface area contributed by atoms with Crippen LogP contribution in [0.1, 0.15) is 66.9 Å². The van der Waals surface area contributed by atoms with E-state index in [0.29, 0.717) is 12.8 Å². The lowest BCUT2D eigenvalue weighted by atomic mass is 9.96. The Morgan fingerprint density at radius 3 is 1.97 bits per heavy atom. The molecule has 0 saturated heterocycles. The zero-order valence-electron chi connectivity index (χ0n) is 22.9. The van der Waals surface area contributed by atoms with Crippen LogP contribution in [0.5, 0.6) is 0 Å². The van der Waals surface area contributed by atoms with E-state index in [2.05, 4.69) is 21.3 Å². The minimum absolute atomic E-state index is 0.178. The Kier molecular flexibility index (Phi) is 12.4. The maximum Gasteiger partial charge on any atom is 0.408 e. The largest absolute Gasteiger partial charge is 0.444 e. The van der Waals surface area contributed by atoms with E-state index in [1.165, 1.54) is 7.05 Å². The van der Waals surface area contributed by atoms with Crippen molar-refractivity contribution in [2.75, 3.05) is 7.05 Å². The quantitative estimate of drug-likeness (QED) is 0.348. The Balaban J connectivity index is 3.13. The summed E-state index contributed by atoms with van der Waals surface area (Å²) in [6.07, 6.45) is 0.578. The number of likely N-dealkylation sites (N-methyl/N-ethyl adjacent to an activating group) is 1. The Bertz CT molecular complexity index is 867. The van der Waals surface area contributed by atoms with Gasteiger partial charge in [-0.1, -0.05) is 64.4 Å². The lowest BCUT2D eigenvalue weighted by molar-refractivity contribution is -0.133. The van der Waals surface area contributed by atoms with Crippen molar-refractivity contribution in [1.82, 2.24) is 21.3 Å². The standard InChI is InChI=1S/C27H44N4O5/c1-9-18(4)22(25(34)29-20(15-17(2)3)23(32)28-8)31-24(33)21(16-19-13-11-10-12-14-19)30-26(35)36-27(5,6)7/h10-14,17-18,20-22H,9,15-16H2,1-8H3,(H,28,32)(H,29,34)(H,30,35)(H,31,33)/t18?,20-,21-,22-/m0/s1. The third-order valence-electron chi connectivity index (χ3n) is 5.67. The highest BCUT2D eigenvalue weighted by Crippen LogP contribution is 2.13. The fourth-order valence-corrected chi connectivity index (χ4v) is 3.60. The van der Waals surface area contributed by atoms with E-state index in [-0.39, 0.29) is 24.2 Å². The number of amides is 4. The van der Waals surface area contributed by atoms with Crippen LogP contribution < -0.4 is 21.3 Å². The molecule has 1 aromatic rings. The fraction of sp³-hybridized carbons (Fsp3) is 0.630. The number of carbonyl (C=O) groups is 4. The fourth-order valence-electron chi connectivity index (χ4n) is 3.60. The molecule has 0 saturated carbocycles. The summed E-state index contributed by atoms with van der Waals surface area (Å²) in [5, 5.41) is 10.9. The number of ether oxygens (including phenoxy) is 1. The van der Waals surface area contributed by atoms with Crippen molar-refractivity contribution >= 4 is 23.8 Å². The van der Waals surface area contributed by atoms with Crippen LogP contribution in [-0.2, 0) is 25.5 Å². The highest BCUT2D eigenvalue weighted by atomic mass is 16.6. The molecule has 0 spiro atoms. The second kappa shape index (κ2) is 14.5. The van der Waals surface area contributed by atoms with Crippen molar-refractivity contribution in [2.45, 2.75) is 91.5 Å². The van der Waals surface area contributed by atoms with Crippen LogP contribution in [0.15, 0.2) is 30.3 Å². The molecule has 0 aliphatic rings. The first kappa shape index (κ1) is 30.9. The summed E-state index contributed by atoms with van der Waals surface area (Å²) in [6, 6.07) is 6.70. The van der Waals surface area contributed by atoms with Gasteiger partial charge in [-0.2, -0.15) is 0 Å². The molecule has 1 aromatic carbocycles. The van der Waals surface area contributed by atoms with E-state index in [1.54, 1.807) is 20.8 Å². The molecule has 9 nitrogen and oxygen atoms in total. The van der Waals surface area contributed by atoms with Gasteiger partial charge in [0.15, 0.2) is 0 Å². The van der Waals surface area contributed by atoms with Gasteiger partial charge in [-0.05, 0) is 44.6 Å². The highest BCUT2D eigenvalue weighted by molar-refractivity contribution is 5.94. The zero-order valence-corrected chi connectivity index (χ0v) is 22.9. The normalized spacial score (nSPS) is 14.7. The van der Waals surface area contributed by atoms with Crippen molar-refractivity contribution in [3.05, 3.63) is 35.9 Å². The van der Waals surface area contributed by atoms with E-state index in [9.17, 15) is 19.2 Å². The Morgan fingerprint density at radius 1 is 0.861 bits per heavy atom. The highest BCUT2D eigenvalue weighted by Gasteiger charge is 2.33. The third kappa shape index (κ3) is 11.1. The summed E-state index contributed by atoms with van der Waals surface area (Å²) in [5.41, 5.74) is 0.109. The summed E-state index contributed by atoms with van der Waals surface area (Å²) < 4.78 is 5.35. The van der Waals surface area contributed by atoms with Gasteiger partial charge in [0.05, 0.1) is 0 Å². The molecule has 1 rings (SSSR count). The third-order valence-corrected chi connectivity index (χ3v) is 5.67. The van der Waals surface area contributed by atoms with Gasteiger partial charge in [0.25, 0.3) is 0 Å². The summed E-state index contributed by atoms with van der Waals surface area (Å²) in [6.45, 7) is 12.9. The molecule has 9 heteroatoms. The molecule has 0 radical (unpaired) electrons. The smallest absolute Gasteiger partial charge is 0.408 e. The van der Waals surface area contributed by atoms with Gasteiger partial charge < -0.3 is 26.0 Å². The Morgan fingerprint density at radius 2 is 1.47 bits per heavy atom. The molecular weight excluding hydrogens is 460 g/mol. The molecule has 4 N–H and O–H groups in total. The molecule has 4 amide bonds. The summed E-state index contributed by atoms with van der Waals surface area (Å²) in [4.78, 5) is 51.5. The van der Waals surface area contributed by atoms with Crippen molar-refractivity contribution in [3.8, 4) is 0 Å². The molecule has 0 fully saturated rings. The first-order chi connectivity index (χ1) is 16.8. The lowest BCUT2D eigenvalue weighted by Crippen LogP contribution is -2.59. The zero-order chi connectivity index (χ0) is 27.5. The molecule has 0 heterocycles. The summed E-state index contributed by atoms with van der Waals surface area (Å²) >= 11 is 0. The molecule has 4 atom stereocenters. The van der Waals surface area contributed by atoms with Crippen LogP contribution in [0.3, 0.4) is 0 Å². The average Bonchev–Trinajstić information content (AvgIpc) is 2.79. The summed E-state index contributed by atoms with van der Waals surface area (Å²) in [5.74, 6) is -1.28. The molecule has 36 heavy (non-hydrogen) atoms. The van der Waals surface area contributed by atoms with Crippen molar-refractivity contribution in [1.29, 1.82) is 0 Å². The first-order valence-electron chi connectivity index (χ1n) is 12.6. The topological polar surface area (TPSA) is 126 Å². The van der Waals surface area contributed by atoms with E-state index < -0.39 is 41.6 Å². The SMILES string of the molecule is CCC(C)[C@H](NC(=O)[C@H](Cc1ccccc1)NC(=O)OC(C)(C)C)C(=O)N[C@@H](CC(C)C)C(=O)NC. The predicted octanol–water partition coefficient (Wildman–Crippen LogP) is 2.93. The van der Waals surface area contributed by atoms with Gasteiger partial charge in [-0.25, -0.2) is 4.79 Å². The predicted molar refractivity (Wildman–Crippen MR) is 140 cm³/mol. The molecule has 0 aromatic heterocycles. The van der Waals surface area contributed by atoms with Gasteiger partial charge in [-0.15, -0.1) is 0 Å². The van der Waals surface area contributed by atoms with Crippen LogP contribution in [0.25, 0.3) is 0 Å². The number of alkyl carbamates (subject to hydrolysis) is 1. The van der Waals surface area contributed by atoms with Gasteiger partial charge in [-0.3, -0.25) is 14.4 Å². The van der Waals surface area contributed by atoms with Crippen LogP contribution in [-0.4, -0.2) is 54.6 Å². The van der Waals surface area contributed by atoms with Crippen molar-refractivity contribution in [3.63, 3.8) is 0 Å². The Hall–Kier alpha value is -3.10.